The van der Waals surface area contributed by atoms with Crippen molar-refractivity contribution in [1.29, 1.82) is 0 Å². The zero-order chi connectivity index (χ0) is 15.6. The number of carbonyl (C=O) groups excluding carboxylic acids is 2. The van der Waals surface area contributed by atoms with Crippen molar-refractivity contribution < 1.29 is 19.4 Å². The first-order valence-corrected chi connectivity index (χ1v) is 7.48. The van der Waals surface area contributed by atoms with Gasteiger partial charge in [0.2, 0.25) is 0 Å². The molecule has 3 N–H and O–H groups in total. The Bertz CT molecular complexity index is 402. The van der Waals surface area contributed by atoms with E-state index < -0.39 is 12.2 Å². The van der Waals surface area contributed by atoms with E-state index in [1.165, 1.54) is 0 Å². The summed E-state index contributed by atoms with van der Waals surface area (Å²) in [6.07, 6.45) is 1.55. The maximum Gasteiger partial charge on any atom is 0.405 e. The number of primary amides is 1. The summed E-state index contributed by atoms with van der Waals surface area (Å²) in [6.45, 7) is 0.630. The van der Waals surface area contributed by atoms with Crippen molar-refractivity contribution in [3.8, 4) is 0 Å². The molecule has 0 unspecified atom stereocenters. The lowest BCUT2D eigenvalue weighted by Crippen LogP contribution is -2.50. The van der Waals surface area contributed by atoms with Crippen molar-refractivity contribution in [2.24, 2.45) is 11.7 Å². The molecule has 2 rings (SSSR count). The van der Waals surface area contributed by atoms with Gasteiger partial charge < -0.3 is 25.4 Å². The number of hydrogen-bond acceptors (Lipinski definition) is 5. The fourth-order valence-corrected chi connectivity index (χ4v) is 3.55. The summed E-state index contributed by atoms with van der Waals surface area (Å²) in [4.78, 5) is 27.1. The molecule has 2 fully saturated rings. The zero-order valence-electron chi connectivity index (χ0n) is 12.7. The van der Waals surface area contributed by atoms with Crippen molar-refractivity contribution in [3.63, 3.8) is 0 Å². The molecule has 0 aromatic carbocycles. The third-order valence-electron chi connectivity index (χ3n) is 4.73. The summed E-state index contributed by atoms with van der Waals surface area (Å²) in [5.74, 6) is -0.108. The van der Waals surface area contributed by atoms with Gasteiger partial charge in [-0.3, -0.25) is 4.79 Å². The van der Waals surface area contributed by atoms with Crippen LogP contribution in [0.15, 0.2) is 0 Å². The Balaban J connectivity index is 2.01. The van der Waals surface area contributed by atoms with E-state index in [2.05, 4.69) is 4.90 Å². The first-order valence-electron chi connectivity index (χ1n) is 7.48. The predicted molar refractivity (Wildman–Crippen MR) is 76.5 cm³/mol. The Morgan fingerprint density at radius 2 is 2.14 bits per heavy atom. The minimum absolute atomic E-state index is 0.0279. The highest BCUT2D eigenvalue weighted by molar-refractivity contribution is 5.85. The lowest BCUT2D eigenvalue weighted by atomic mass is 9.80. The molecule has 0 aromatic heterocycles. The highest BCUT2D eigenvalue weighted by Gasteiger charge is 2.42. The van der Waals surface area contributed by atoms with Gasteiger partial charge in [-0.15, -0.1) is 0 Å². The van der Waals surface area contributed by atoms with Crippen LogP contribution in [0.3, 0.4) is 0 Å². The molecular weight excluding hydrogens is 274 g/mol. The Morgan fingerprint density at radius 3 is 2.71 bits per heavy atom. The molecule has 0 spiro atoms. The minimum atomic E-state index is -0.912. The summed E-state index contributed by atoms with van der Waals surface area (Å²) in [5, 5.41) is 9.66. The van der Waals surface area contributed by atoms with Crippen LogP contribution in [0.25, 0.3) is 0 Å². The summed E-state index contributed by atoms with van der Waals surface area (Å²) in [6, 6.07) is 0.467. The summed E-state index contributed by atoms with van der Waals surface area (Å²) < 4.78 is 4.85. The molecular formula is C14H25N3O4. The Kier molecular flexibility index (Phi) is 5.05. The molecule has 1 aliphatic carbocycles. The number of likely N-dealkylation sites (tertiary alicyclic amines) is 1. The number of ether oxygens (including phenoxy) is 1. The van der Waals surface area contributed by atoms with Gasteiger partial charge in [-0.05, 0) is 33.4 Å². The van der Waals surface area contributed by atoms with E-state index in [1.807, 2.05) is 14.1 Å². The Hall–Kier alpha value is -1.34. The standard InChI is InChI=1S/C14H25N3O4/c1-16(2)10-3-4-11(9(7-10)8-18)17-6-5-12(13(17)19)21-14(15)20/h9-12,18H,3-8H2,1-2H3,(H2,15,20)/t9-,10+,11-,12-/m0/s1. The van der Waals surface area contributed by atoms with Crippen LogP contribution in [0.5, 0.6) is 0 Å². The molecule has 7 nitrogen and oxygen atoms in total. The highest BCUT2D eigenvalue weighted by atomic mass is 16.6. The number of amides is 2. The van der Waals surface area contributed by atoms with Crippen LogP contribution >= 0.6 is 0 Å². The third kappa shape index (κ3) is 3.47. The van der Waals surface area contributed by atoms with Gasteiger partial charge in [0.15, 0.2) is 6.10 Å². The lowest BCUT2D eigenvalue weighted by Gasteiger charge is -2.42. The van der Waals surface area contributed by atoms with Crippen LogP contribution in [0.1, 0.15) is 25.7 Å². The average Bonchev–Trinajstić information content (AvgIpc) is 2.78. The van der Waals surface area contributed by atoms with E-state index in [-0.39, 0.29) is 24.5 Å². The number of aliphatic hydroxyl groups is 1. The monoisotopic (exact) mass is 299 g/mol. The average molecular weight is 299 g/mol. The molecule has 2 aliphatic rings. The maximum atomic E-state index is 12.3. The molecule has 1 aliphatic heterocycles. The fourth-order valence-electron chi connectivity index (χ4n) is 3.55. The van der Waals surface area contributed by atoms with Gasteiger partial charge in [0, 0.05) is 37.6 Å². The molecule has 0 radical (unpaired) electrons. The number of carbonyl (C=O) groups is 2. The van der Waals surface area contributed by atoms with Crippen molar-refractivity contribution >= 4 is 12.0 Å². The summed E-state index contributed by atoms with van der Waals surface area (Å²) in [7, 11) is 4.08. The van der Waals surface area contributed by atoms with Crippen LogP contribution in [-0.4, -0.2) is 72.3 Å². The van der Waals surface area contributed by atoms with Gasteiger partial charge >= 0.3 is 6.09 Å². The lowest BCUT2D eigenvalue weighted by molar-refractivity contribution is -0.138. The third-order valence-corrected chi connectivity index (χ3v) is 4.73. The molecule has 2 amide bonds. The quantitative estimate of drug-likeness (QED) is 0.748. The van der Waals surface area contributed by atoms with Gasteiger partial charge in [0.25, 0.3) is 5.91 Å². The van der Waals surface area contributed by atoms with Gasteiger partial charge in [0.05, 0.1) is 0 Å². The Labute approximate surface area is 125 Å². The molecule has 1 heterocycles. The van der Waals surface area contributed by atoms with Gasteiger partial charge in [-0.1, -0.05) is 0 Å². The van der Waals surface area contributed by atoms with Crippen LogP contribution in [-0.2, 0) is 9.53 Å². The van der Waals surface area contributed by atoms with Crippen molar-refractivity contribution in [1.82, 2.24) is 9.80 Å². The molecule has 1 saturated carbocycles. The Morgan fingerprint density at radius 1 is 1.43 bits per heavy atom. The van der Waals surface area contributed by atoms with E-state index in [1.54, 1.807) is 4.90 Å². The van der Waals surface area contributed by atoms with E-state index in [0.717, 1.165) is 19.3 Å². The smallest absolute Gasteiger partial charge is 0.405 e. The van der Waals surface area contributed by atoms with Crippen LogP contribution in [0, 0.1) is 5.92 Å². The van der Waals surface area contributed by atoms with Gasteiger partial charge in [-0.2, -0.15) is 0 Å². The van der Waals surface area contributed by atoms with Gasteiger partial charge in [0.1, 0.15) is 0 Å². The van der Waals surface area contributed by atoms with E-state index in [4.69, 9.17) is 10.5 Å². The number of rotatable bonds is 4. The summed E-state index contributed by atoms with van der Waals surface area (Å²) in [5.41, 5.74) is 4.99. The maximum absolute atomic E-state index is 12.3. The van der Waals surface area contributed by atoms with E-state index >= 15 is 0 Å². The number of hydrogen-bond donors (Lipinski definition) is 2. The first-order chi connectivity index (χ1) is 9.93. The molecule has 0 aromatic rings. The molecule has 0 bridgehead atoms. The number of nitrogens with two attached hydrogens (primary N) is 1. The fraction of sp³-hybridized carbons (Fsp3) is 0.857. The zero-order valence-corrected chi connectivity index (χ0v) is 12.7. The van der Waals surface area contributed by atoms with Crippen LogP contribution < -0.4 is 5.73 Å². The van der Waals surface area contributed by atoms with Gasteiger partial charge in [-0.25, -0.2) is 4.79 Å². The van der Waals surface area contributed by atoms with Crippen LogP contribution in [0.2, 0.25) is 0 Å². The van der Waals surface area contributed by atoms with Crippen molar-refractivity contribution in [2.75, 3.05) is 27.2 Å². The predicted octanol–water partition coefficient (Wildman–Crippen LogP) is -0.226. The largest absolute Gasteiger partial charge is 0.436 e. The topological polar surface area (TPSA) is 96.1 Å². The SMILES string of the molecule is CN(C)[C@@H]1CC[C@H](N2CC[C@H](OC(N)=O)C2=O)[C@H](CO)C1. The minimum Gasteiger partial charge on any atom is -0.436 e. The summed E-state index contributed by atoms with van der Waals surface area (Å²) >= 11 is 0. The molecule has 21 heavy (non-hydrogen) atoms. The second-order valence-corrected chi connectivity index (χ2v) is 6.19. The van der Waals surface area contributed by atoms with Crippen molar-refractivity contribution in [3.05, 3.63) is 0 Å². The molecule has 1 saturated heterocycles. The van der Waals surface area contributed by atoms with E-state index in [0.29, 0.717) is 19.0 Å². The molecule has 4 atom stereocenters. The van der Waals surface area contributed by atoms with Crippen LogP contribution in [0.4, 0.5) is 4.79 Å². The highest BCUT2D eigenvalue weighted by Crippen LogP contribution is 2.33. The van der Waals surface area contributed by atoms with E-state index in [9.17, 15) is 14.7 Å². The first kappa shape index (κ1) is 16.0. The van der Waals surface area contributed by atoms with Crippen molar-refractivity contribution in [2.45, 2.75) is 43.9 Å². The second-order valence-electron chi connectivity index (χ2n) is 6.19. The second kappa shape index (κ2) is 6.62. The molecule has 7 heteroatoms. The molecule has 120 valence electrons. The number of nitrogens with zero attached hydrogens (tertiary/aromatic N) is 2. The number of aliphatic hydroxyl groups excluding tert-OH is 1. The normalized spacial score (nSPS) is 33.5.